The van der Waals surface area contributed by atoms with Crippen molar-refractivity contribution in [3.8, 4) is 6.07 Å². The van der Waals surface area contributed by atoms with E-state index in [2.05, 4.69) is 26.2 Å². The molecule has 2 aromatic rings. The number of pyridine rings is 1. The third kappa shape index (κ3) is 4.08. The van der Waals surface area contributed by atoms with Crippen molar-refractivity contribution in [3.05, 3.63) is 58.7 Å². The van der Waals surface area contributed by atoms with Gasteiger partial charge in [-0.2, -0.15) is 5.26 Å². The van der Waals surface area contributed by atoms with Gasteiger partial charge < -0.3 is 10.2 Å². The van der Waals surface area contributed by atoms with Crippen LogP contribution in [-0.4, -0.2) is 48.6 Å². The molecular formula is C18H18ClN5O. The quantitative estimate of drug-likeness (QED) is 0.909. The first-order valence-electron chi connectivity index (χ1n) is 8.04. The lowest BCUT2D eigenvalue weighted by Crippen LogP contribution is -2.50. The molecule has 25 heavy (non-hydrogen) atoms. The third-order valence-electron chi connectivity index (χ3n) is 4.16. The molecule has 0 spiro atoms. The molecule has 1 amide bonds. The number of anilines is 1. The molecule has 6 nitrogen and oxygen atoms in total. The summed E-state index contributed by atoms with van der Waals surface area (Å²) in [6.07, 6.45) is 1.70. The fourth-order valence-corrected chi connectivity index (χ4v) is 3.00. The monoisotopic (exact) mass is 355 g/mol. The summed E-state index contributed by atoms with van der Waals surface area (Å²) >= 11 is 6.04. The molecule has 0 aliphatic carbocycles. The summed E-state index contributed by atoms with van der Waals surface area (Å²) in [6.45, 7) is 3.54. The highest BCUT2D eigenvalue weighted by Gasteiger charge is 2.20. The second kappa shape index (κ2) is 7.97. The summed E-state index contributed by atoms with van der Waals surface area (Å²) < 4.78 is 0. The van der Waals surface area contributed by atoms with Crippen LogP contribution in [-0.2, 0) is 0 Å². The maximum Gasteiger partial charge on any atom is 0.253 e. The molecule has 0 radical (unpaired) electrons. The van der Waals surface area contributed by atoms with Gasteiger partial charge in [0, 0.05) is 32.4 Å². The topological polar surface area (TPSA) is 72.3 Å². The Hall–Kier alpha value is -2.62. The molecule has 1 aliphatic rings. The van der Waals surface area contributed by atoms with Crippen LogP contribution in [0.4, 0.5) is 5.82 Å². The molecule has 128 valence electrons. The molecule has 7 heteroatoms. The van der Waals surface area contributed by atoms with Gasteiger partial charge in [-0.05, 0) is 24.3 Å². The van der Waals surface area contributed by atoms with E-state index >= 15 is 0 Å². The summed E-state index contributed by atoms with van der Waals surface area (Å²) in [5, 5.41) is 12.5. The Morgan fingerprint density at radius 1 is 1.20 bits per heavy atom. The molecule has 1 fully saturated rings. The minimum atomic E-state index is -0.176. The molecular weight excluding hydrogens is 338 g/mol. The van der Waals surface area contributed by atoms with Gasteiger partial charge >= 0.3 is 0 Å². The van der Waals surface area contributed by atoms with Gasteiger partial charge in [-0.1, -0.05) is 23.7 Å². The highest BCUT2D eigenvalue weighted by molar-refractivity contribution is 6.33. The number of halogens is 1. The zero-order valence-corrected chi connectivity index (χ0v) is 14.4. The first-order chi connectivity index (χ1) is 12.2. The molecule has 1 aromatic carbocycles. The van der Waals surface area contributed by atoms with Crippen molar-refractivity contribution >= 4 is 23.3 Å². The molecule has 3 rings (SSSR count). The van der Waals surface area contributed by atoms with E-state index in [1.54, 1.807) is 42.6 Å². The first kappa shape index (κ1) is 17.2. The van der Waals surface area contributed by atoms with Gasteiger partial charge in [0.05, 0.1) is 22.8 Å². The van der Waals surface area contributed by atoms with Crippen molar-refractivity contribution in [2.24, 2.45) is 0 Å². The van der Waals surface area contributed by atoms with Gasteiger partial charge in [-0.15, -0.1) is 0 Å². The predicted octanol–water partition coefficient (Wildman–Crippen LogP) is 2.12. The summed E-state index contributed by atoms with van der Waals surface area (Å²) in [5.74, 6) is 0.550. The number of hydrogen-bond donors (Lipinski definition) is 1. The first-order valence-corrected chi connectivity index (χ1v) is 8.42. The molecule has 0 saturated carbocycles. The van der Waals surface area contributed by atoms with Gasteiger partial charge in [-0.25, -0.2) is 4.98 Å². The molecule has 0 atom stereocenters. The molecule has 1 aromatic heterocycles. The second-order valence-electron chi connectivity index (χ2n) is 5.74. The largest absolute Gasteiger partial charge is 0.353 e. The van der Waals surface area contributed by atoms with Crippen LogP contribution in [0.15, 0.2) is 42.6 Å². The Labute approximate surface area is 151 Å². The van der Waals surface area contributed by atoms with Gasteiger partial charge in [0.25, 0.3) is 5.91 Å². The van der Waals surface area contributed by atoms with E-state index in [-0.39, 0.29) is 5.91 Å². The highest BCUT2D eigenvalue weighted by atomic mass is 35.5. The number of benzene rings is 1. The molecule has 0 bridgehead atoms. The van der Waals surface area contributed by atoms with Gasteiger partial charge in [0.15, 0.2) is 0 Å². The fraction of sp³-hybridized carbons (Fsp3) is 0.278. The lowest BCUT2D eigenvalue weighted by Gasteiger charge is -2.35. The van der Waals surface area contributed by atoms with E-state index in [1.807, 2.05) is 0 Å². The zero-order chi connectivity index (χ0) is 17.6. The van der Waals surface area contributed by atoms with Gasteiger partial charge in [0.1, 0.15) is 11.9 Å². The molecule has 0 unspecified atom stereocenters. The van der Waals surface area contributed by atoms with E-state index in [1.165, 1.54) is 0 Å². The second-order valence-corrected chi connectivity index (χ2v) is 6.14. The third-order valence-corrected chi connectivity index (χ3v) is 4.49. The average molecular weight is 356 g/mol. The average Bonchev–Trinajstić information content (AvgIpc) is 2.67. The lowest BCUT2D eigenvalue weighted by atomic mass is 10.2. The van der Waals surface area contributed by atoms with E-state index in [9.17, 15) is 10.1 Å². The Balaban J connectivity index is 1.52. The number of rotatable bonds is 4. The van der Waals surface area contributed by atoms with Crippen LogP contribution in [0.25, 0.3) is 0 Å². The number of aromatic nitrogens is 1. The molecule has 2 heterocycles. The minimum Gasteiger partial charge on any atom is -0.353 e. The van der Waals surface area contributed by atoms with E-state index < -0.39 is 0 Å². The van der Waals surface area contributed by atoms with Crippen LogP contribution in [0, 0.1) is 11.3 Å². The van der Waals surface area contributed by atoms with Crippen molar-refractivity contribution < 1.29 is 4.79 Å². The summed E-state index contributed by atoms with van der Waals surface area (Å²) in [4.78, 5) is 20.8. The van der Waals surface area contributed by atoms with E-state index in [4.69, 9.17) is 11.6 Å². The predicted molar refractivity (Wildman–Crippen MR) is 96.5 cm³/mol. The fourth-order valence-electron chi connectivity index (χ4n) is 2.78. The number of carbonyl (C=O) groups excluding carboxylic acids is 1. The van der Waals surface area contributed by atoms with Crippen LogP contribution >= 0.6 is 11.6 Å². The van der Waals surface area contributed by atoms with Crippen molar-refractivity contribution in [2.45, 2.75) is 0 Å². The van der Waals surface area contributed by atoms with Crippen LogP contribution in [0.5, 0.6) is 0 Å². The van der Waals surface area contributed by atoms with Crippen molar-refractivity contribution in [1.82, 2.24) is 15.2 Å². The molecule has 1 saturated heterocycles. The van der Waals surface area contributed by atoms with Crippen LogP contribution < -0.4 is 10.2 Å². The highest BCUT2D eigenvalue weighted by Crippen LogP contribution is 2.18. The number of nitrogens with one attached hydrogen (secondary N) is 1. The Morgan fingerprint density at radius 2 is 1.96 bits per heavy atom. The van der Waals surface area contributed by atoms with Crippen molar-refractivity contribution in [1.29, 1.82) is 5.26 Å². The number of nitriles is 1. The molecule has 1 aliphatic heterocycles. The van der Waals surface area contributed by atoms with Crippen LogP contribution in [0.2, 0.25) is 5.02 Å². The maximum absolute atomic E-state index is 12.2. The number of piperazine rings is 1. The summed E-state index contributed by atoms with van der Waals surface area (Å²) in [5.41, 5.74) is 1.07. The number of amides is 1. The van der Waals surface area contributed by atoms with Crippen LogP contribution in [0.1, 0.15) is 15.9 Å². The van der Waals surface area contributed by atoms with E-state index in [0.29, 0.717) is 22.8 Å². The van der Waals surface area contributed by atoms with Gasteiger partial charge in [0.2, 0.25) is 0 Å². The normalized spacial score (nSPS) is 14.8. The summed E-state index contributed by atoms with van der Waals surface area (Å²) in [7, 11) is 0. The van der Waals surface area contributed by atoms with Gasteiger partial charge in [-0.3, -0.25) is 9.69 Å². The zero-order valence-electron chi connectivity index (χ0n) is 13.7. The van der Waals surface area contributed by atoms with Crippen molar-refractivity contribution in [3.63, 3.8) is 0 Å². The SMILES string of the molecule is N#Cc1cccnc1N1CCN(CNC(=O)c2ccccc2Cl)CC1. The Morgan fingerprint density at radius 3 is 2.68 bits per heavy atom. The molecule has 1 N–H and O–H groups in total. The van der Waals surface area contributed by atoms with E-state index in [0.717, 1.165) is 32.0 Å². The smallest absolute Gasteiger partial charge is 0.253 e. The number of hydrogen-bond acceptors (Lipinski definition) is 5. The number of carbonyl (C=O) groups is 1. The Kier molecular flexibility index (Phi) is 5.49. The minimum absolute atomic E-state index is 0.176. The van der Waals surface area contributed by atoms with Crippen molar-refractivity contribution in [2.75, 3.05) is 37.7 Å². The standard InChI is InChI=1S/C18H18ClN5O/c19-16-6-2-1-5-15(16)18(25)22-13-23-8-10-24(11-9-23)17-14(12-20)4-3-7-21-17/h1-7H,8-11,13H2,(H,22,25). The summed E-state index contributed by atoms with van der Waals surface area (Å²) in [6, 6.07) is 12.7. The number of nitrogens with zero attached hydrogens (tertiary/aromatic N) is 4. The lowest BCUT2D eigenvalue weighted by molar-refractivity contribution is 0.0920. The maximum atomic E-state index is 12.2. The van der Waals surface area contributed by atoms with Crippen LogP contribution in [0.3, 0.4) is 0 Å². The Bertz CT molecular complexity index is 796.